The molecule has 3 aromatic rings. The summed E-state index contributed by atoms with van der Waals surface area (Å²) >= 11 is 1.89. The molecule has 0 aliphatic carbocycles. The zero-order valence-electron chi connectivity index (χ0n) is 16.7. The molecule has 6 nitrogen and oxygen atoms in total. The van der Waals surface area contributed by atoms with Gasteiger partial charge in [-0.3, -0.25) is 0 Å². The van der Waals surface area contributed by atoms with Gasteiger partial charge in [0.25, 0.3) is 0 Å². The van der Waals surface area contributed by atoms with Crippen LogP contribution in [0.15, 0.2) is 48.7 Å². The lowest BCUT2D eigenvalue weighted by atomic mass is 9.89. The van der Waals surface area contributed by atoms with Crippen LogP contribution < -0.4 is 4.74 Å². The van der Waals surface area contributed by atoms with Gasteiger partial charge in [0.2, 0.25) is 0 Å². The van der Waals surface area contributed by atoms with Crippen molar-refractivity contribution in [2.45, 2.75) is 24.5 Å². The topological polar surface area (TPSA) is 85.8 Å². The van der Waals surface area contributed by atoms with Gasteiger partial charge in [0.1, 0.15) is 11.5 Å². The van der Waals surface area contributed by atoms with E-state index in [1.165, 1.54) is 5.56 Å². The number of nitrogens with zero attached hydrogens (tertiary/aromatic N) is 1. The Labute approximate surface area is 179 Å². The first kappa shape index (κ1) is 20.6. The van der Waals surface area contributed by atoms with Crippen molar-refractivity contribution >= 4 is 28.8 Å². The van der Waals surface area contributed by atoms with Gasteiger partial charge in [-0.05, 0) is 73.3 Å². The van der Waals surface area contributed by atoms with Crippen molar-refractivity contribution < 1.29 is 19.7 Å². The molecule has 0 unspecified atom stereocenters. The van der Waals surface area contributed by atoms with Crippen molar-refractivity contribution in [1.29, 1.82) is 0 Å². The maximum absolute atomic E-state index is 10.8. The van der Waals surface area contributed by atoms with Gasteiger partial charge in [0.15, 0.2) is 0 Å². The Morgan fingerprint density at radius 2 is 2.03 bits per heavy atom. The third kappa shape index (κ3) is 5.09. The van der Waals surface area contributed by atoms with Crippen molar-refractivity contribution in [3.05, 3.63) is 59.8 Å². The summed E-state index contributed by atoms with van der Waals surface area (Å²) in [4.78, 5) is 16.5. The first-order valence-corrected chi connectivity index (χ1v) is 11.3. The third-order valence-electron chi connectivity index (χ3n) is 5.68. The van der Waals surface area contributed by atoms with E-state index < -0.39 is 6.16 Å². The van der Waals surface area contributed by atoms with E-state index in [-0.39, 0.29) is 0 Å². The highest BCUT2D eigenvalue weighted by Gasteiger charge is 2.20. The Morgan fingerprint density at radius 1 is 1.20 bits per heavy atom. The molecule has 1 fully saturated rings. The minimum Gasteiger partial charge on any atom is -0.508 e. The Bertz CT molecular complexity index is 1010. The lowest BCUT2D eigenvalue weighted by Gasteiger charge is -2.32. The summed E-state index contributed by atoms with van der Waals surface area (Å²) in [6, 6.07) is 12.9. The van der Waals surface area contributed by atoms with Crippen molar-refractivity contribution in [3.63, 3.8) is 0 Å². The predicted octanol–water partition coefficient (Wildman–Crippen LogP) is 5.04. The van der Waals surface area contributed by atoms with E-state index in [1.807, 2.05) is 36.2 Å². The van der Waals surface area contributed by atoms with Crippen LogP contribution in [0.2, 0.25) is 0 Å². The fourth-order valence-electron chi connectivity index (χ4n) is 4.09. The van der Waals surface area contributed by atoms with Gasteiger partial charge in [-0.1, -0.05) is 12.1 Å². The van der Waals surface area contributed by atoms with Crippen LogP contribution in [-0.4, -0.2) is 51.6 Å². The molecule has 7 heteroatoms. The molecule has 0 spiro atoms. The molecule has 158 valence electrons. The Morgan fingerprint density at radius 3 is 2.80 bits per heavy atom. The summed E-state index contributed by atoms with van der Waals surface area (Å²) in [5, 5.41) is 19.5. The molecule has 0 atom stereocenters. The summed E-state index contributed by atoms with van der Waals surface area (Å²) in [5.41, 5.74) is 3.39. The number of aromatic nitrogens is 1. The fourth-order valence-corrected chi connectivity index (χ4v) is 5.08. The number of phenolic OH excluding ortho intramolecular Hbond substituents is 1. The average Bonchev–Trinajstić information content (AvgIpc) is 3.13. The SMILES string of the molecule is O=C(O)Oc1ccc2[nH]cc(CSCCN3CCC(c4cccc(O)c4)CC3)c2c1. The van der Waals surface area contributed by atoms with Crippen LogP contribution in [0, 0.1) is 0 Å². The standard InChI is InChI=1S/C23H26N2O4S/c26-19-3-1-2-17(12-19)16-6-8-25(9-7-16)10-11-30-15-18-14-24-22-5-4-20(13-21(18)22)29-23(27)28/h1-5,12-14,16,24,26H,6-11,15H2,(H,27,28). The molecule has 2 heterocycles. The second kappa shape index (κ2) is 9.45. The minimum absolute atomic E-state index is 0.343. The maximum atomic E-state index is 10.8. The highest BCUT2D eigenvalue weighted by atomic mass is 32.2. The second-order valence-corrected chi connectivity index (χ2v) is 8.76. The molecule has 0 bridgehead atoms. The van der Waals surface area contributed by atoms with Gasteiger partial charge in [0, 0.05) is 35.2 Å². The lowest BCUT2D eigenvalue weighted by Crippen LogP contribution is -2.34. The van der Waals surface area contributed by atoms with Crippen molar-refractivity contribution in [2.24, 2.45) is 0 Å². The van der Waals surface area contributed by atoms with Gasteiger partial charge < -0.3 is 24.8 Å². The van der Waals surface area contributed by atoms with Crippen molar-refractivity contribution in [3.8, 4) is 11.5 Å². The lowest BCUT2D eigenvalue weighted by molar-refractivity contribution is 0.144. The molecule has 1 aliphatic heterocycles. The van der Waals surface area contributed by atoms with Crippen molar-refractivity contribution in [1.82, 2.24) is 9.88 Å². The molecule has 3 N–H and O–H groups in total. The van der Waals surface area contributed by atoms with Gasteiger partial charge in [-0.2, -0.15) is 11.8 Å². The van der Waals surface area contributed by atoms with Gasteiger partial charge in [-0.25, -0.2) is 4.79 Å². The number of carboxylic acid groups (broad SMARTS) is 1. The Balaban J connectivity index is 1.23. The first-order valence-electron chi connectivity index (χ1n) is 10.2. The first-order chi connectivity index (χ1) is 14.6. The highest BCUT2D eigenvalue weighted by molar-refractivity contribution is 7.98. The third-order valence-corrected chi connectivity index (χ3v) is 6.67. The smallest absolute Gasteiger partial charge is 0.508 e. The second-order valence-electron chi connectivity index (χ2n) is 7.65. The normalized spacial score (nSPS) is 15.5. The number of nitrogens with one attached hydrogen (secondary N) is 1. The van der Waals surface area contributed by atoms with Crippen LogP contribution in [0.4, 0.5) is 4.79 Å². The number of fused-ring (bicyclic) bond motifs is 1. The number of thioether (sulfide) groups is 1. The van der Waals surface area contributed by atoms with Crippen LogP contribution in [0.25, 0.3) is 10.9 Å². The molecule has 0 amide bonds. The summed E-state index contributed by atoms with van der Waals surface area (Å²) in [6.45, 7) is 3.24. The summed E-state index contributed by atoms with van der Waals surface area (Å²) in [5.74, 6) is 3.15. The van der Waals surface area contributed by atoms with E-state index in [0.29, 0.717) is 17.4 Å². The van der Waals surface area contributed by atoms with E-state index in [2.05, 4.69) is 16.0 Å². The molecule has 0 radical (unpaired) electrons. The molecule has 4 rings (SSSR count). The van der Waals surface area contributed by atoms with Crippen molar-refractivity contribution in [2.75, 3.05) is 25.4 Å². The molecular formula is C23H26N2O4S. The minimum atomic E-state index is -1.30. The van der Waals surface area contributed by atoms with E-state index in [9.17, 15) is 9.90 Å². The number of aromatic amines is 1. The largest absolute Gasteiger partial charge is 0.511 e. The van der Waals surface area contributed by atoms with E-state index in [4.69, 9.17) is 9.84 Å². The fraction of sp³-hybridized carbons (Fsp3) is 0.348. The van der Waals surface area contributed by atoms with Gasteiger partial charge >= 0.3 is 6.16 Å². The van der Waals surface area contributed by atoms with Crippen LogP contribution in [0.5, 0.6) is 11.5 Å². The monoisotopic (exact) mass is 426 g/mol. The van der Waals surface area contributed by atoms with Gasteiger partial charge in [0.05, 0.1) is 0 Å². The predicted molar refractivity (Wildman–Crippen MR) is 120 cm³/mol. The van der Waals surface area contributed by atoms with Crippen LogP contribution in [-0.2, 0) is 5.75 Å². The van der Waals surface area contributed by atoms with Crippen LogP contribution >= 0.6 is 11.8 Å². The Hall–Kier alpha value is -2.64. The summed E-state index contributed by atoms with van der Waals surface area (Å²) < 4.78 is 4.77. The zero-order chi connectivity index (χ0) is 20.9. The number of hydrogen-bond donors (Lipinski definition) is 3. The highest BCUT2D eigenvalue weighted by Crippen LogP contribution is 2.30. The number of piperidine rings is 1. The molecule has 1 saturated heterocycles. The van der Waals surface area contributed by atoms with E-state index in [0.717, 1.165) is 60.4 Å². The number of benzene rings is 2. The van der Waals surface area contributed by atoms with Crippen LogP contribution in [0.3, 0.4) is 0 Å². The number of aromatic hydroxyl groups is 1. The number of likely N-dealkylation sites (tertiary alicyclic amines) is 1. The van der Waals surface area contributed by atoms with Gasteiger partial charge in [-0.15, -0.1) is 0 Å². The molecule has 30 heavy (non-hydrogen) atoms. The number of phenols is 1. The maximum Gasteiger partial charge on any atom is 0.511 e. The summed E-state index contributed by atoms with van der Waals surface area (Å²) in [6.07, 6.45) is 2.95. The molecule has 1 aromatic heterocycles. The number of rotatable bonds is 7. The van der Waals surface area contributed by atoms with E-state index >= 15 is 0 Å². The quantitative estimate of drug-likeness (QED) is 0.279. The number of H-pyrrole nitrogens is 1. The molecular weight excluding hydrogens is 400 g/mol. The molecule has 2 aromatic carbocycles. The average molecular weight is 427 g/mol. The Kier molecular flexibility index (Phi) is 6.50. The number of ether oxygens (including phenoxy) is 1. The van der Waals surface area contributed by atoms with Crippen LogP contribution in [0.1, 0.15) is 29.9 Å². The number of hydrogen-bond acceptors (Lipinski definition) is 5. The van der Waals surface area contributed by atoms with E-state index in [1.54, 1.807) is 18.2 Å². The summed E-state index contributed by atoms with van der Waals surface area (Å²) in [7, 11) is 0. The molecule has 0 saturated carbocycles. The number of carbonyl (C=O) groups is 1. The zero-order valence-corrected chi connectivity index (χ0v) is 17.5. The molecule has 1 aliphatic rings.